The Balaban J connectivity index is 1.80. The van der Waals surface area contributed by atoms with Crippen molar-refractivity contribution in [1.29, 1.82) is 0 Å². The second kappa shape index (κ2) is 8.77. The fourth-order valence-electron chi connectivity index (χ4n) is 3.25. The van der Waals surface area contributed by atoms with Crippen molar-refractivity contribution in [2.24, 2.45) is 5.92 Å². The summed E-state index contributed by atoms with van der Waals surface area (Å²) in [5, 5.41) is 8.50. The molecule has 2 atom stereocenters. The average molecular weight is 394 g/mol. The summed E-state index contributed by atoms with van der Waals surface area (Å²) in [5.74, 6) is -0.642. The van der Waals surface area contributed by atoms with E-state index in [2.05, 4.69) is 16.0 Å². The number of benzene rings is 2. The van der Waals surface area contributed by atoms with E-state index in [1.165, 1.54) is 4.90 Å². The van der Waals surface area contributed by atoms with Crippen molar-refractivity contribution in [3.63, 3.8) is 0 Å². The van der Waals surface area contributed by atoms with Gasteiger partial charge >= 0.3 is 6.03 Å². The van der Waals surface area contributed by atoms with Crippen molar-refractivity contribution in [2.75, 3.05) is 22.1 Å². The highest BCUT2D eigenvalue weighted by Crippen LogP contribution is 2.29. The molecule has 0 saturated carbocycles. The van der Waals surface area contributed by atoms with Crippen molar-refractivity contribution in [3.05, 3.63) is 54.1 Å². The molecule has 1 aliphatic heterocycles. The molecule has 1 aliphatic rings. The van der Waals surface area contributed by atoms with E-state index in [9.17, 15) is 14.4 Å². The van der Waals surface area contributed by atoms with Crippen molar-refractivity contribution in [1.82, 2.24) is 5.32 Å². The van der Waals surface area contributed by atoms with Gasteiger partial charge < -0.3 is 16.0 Å². The van der Waals surface area contributed by atoms with Crippen LogP contribution in [0, 0.1) is 12.8 Å². The third kappa shape index (κ3) is 4.56. The van der Waals surface area contributed by atoms with E-state index >= 15 is 0 Å². The molecular weight excluding hydrogens is 368 g/mol. The molecule has 0 spiro atoms. The molecule has 1 heterocycles. The number of hydrogen-bond acceptors (Lipinski definition) is 3. The topological polar surface area (TPSA) is 90.5 Å². The number of para-hydroxylation sites is 3. The van der Waals surface area contributed by atoms with Gasteiger partial charge in [-0.2, -0.15) is 0 Å². The first-order chi connectivity index (χ1) is 13.9. The fourth-order valence-corrected chi connectivity index (χ4v) is 3.25. The van der Waals surface area contributed by atoms with Gasteiger partial charge in [0, 0.05) is 5.69 Å². The number of rotatable bonds is 5. The zero-order valence-electron chi connectivity index (χ0n) is 16.9. The van der Waals surface area contributed by atoms with Gasteiger partial charge in [-0.15, -0.1) is 0 Å². The predicted molar refractivity (Wildman–Crippen MR) is 114 cm³/mol. The van der Waals surface area contributed by atoms with E-state index in [0.29, 0.717) is 23.5 Å². The van der Waals surface area contributed by atoms with Gasteiger partial charge in [0.05, 0.1) is 11.4 Å². The molecule has 0 saturated heterocycles. The van der Waals surface area contributed by atoms with Gasteiger partial charge in [0.25, 0.3) is 0 Å². The van der Waals surface area contributed by atoms with Crippen LogP contribution in [0.4, 0.5) is 21.9 Å². The molecule has 2 aromatic rings. The van der Waals surface area contributed by atoms with Crippen LogP contribution in [-0.4, -0.2) is 30.4 Å². The maximum absolute atomic E-state index is 13.0. The molecule has 2 aromatic carbocycles. The Labute approximate surface area is 170 Å². The van der Waals surface area contributed by atoms with Gasteiger partial charge in [-0.1, -0.05) is 50.6 Å². The lowest BCUT2D eigenvalue weighted by Crippen LogP contribution is -2.54. The normalized spacial score (nSPS) is 15.0. The molecule has 0 aliphatic carbocycles. The van der Waals surface area contributed by atoms with Crippen molar-refractivity contribution < 1.29 is 14.4 Å². The fraction of sp³-hybridized carbons (Fsp3) is 0.318. The second-order valence-electron chi connectivity index (χ2n) is 7.27. The minimum absolute atomic E-state index is 0.0863. The highest BCUT2D eigenvalue weighted by molar-refractivity contribution is 6.10. The SMILES string of the molecule is CCC(C)[C@H](NC(=O)N1CC(=O)Nc2ccccc21)C(=O)Nc1ccccc1C. The first-order valence-corrected chi connectivity index (χ1v) is 9.74. The third-order valence-corrected chi connectivity index (χ3v) is 5.19. The third-order valence-electron chi connectivity index (χ3n) is 5.19. The number of hydrogen-bond donors (Lipinski definition) is 3. The summed E-state index contributed by atoms with van der Waals surface area (Å²) in [4.78, 5) is 39.4. The van der Waals surface area contributed by atoms with Gasteiger partial charge in [0.1, 0.15) is 12.6 Å². The zero-order chi connectivity index (χ0) is 21.0. The van der Waals surface area contributed by atoms with Crippen molar-refractivity contribution in [2.45, 2.75) is 33.2 Å². The van der Waals surface area contributed by atoms with Crippen LogP contribution >= 0.6 is 0 Å². The predicted octanol–water partition coefficient (Wildman–Crippen LogP) is 3.52. The summed E-state index contributed by atoms with van der Waals surface area (Å²) in [7, 11) is 0. The van der Waals surface area contributed by atoms with Crippen molar-refractivity contribution in [3.8, 4) is 0 Å². The minimum atomic E-state index is -0.732. The number of amides is 4. The number of carbonyl (C=O) groups is 3. The number of aryl methyl sites for hydroxylation is 1. The van der Waals surface area contributed by atoms with Crippen LogP contribution in [0.1, 0.15) is 25.8 Å². The zero-order valence-corrected chi connectivity index (χ0v) is 16.9. The van der Waals surface area contributed by atoms with Crippen LogP contribution < -0.4 is 20.9 Å². The Bertz CT molecular complexity index is 928. The molecular formula is C22H26N4O3. The number of fused-ring (bicyclic) bond motifs is 1. The highest BCUT2D eigenvalue weighted by atomic mass is 16.2. The van der Waals surface area contributed by atoms with Crippen LogP contribution in [0.2, 0.25) is 0 Å². The summed E-state index contributed by atoms with van der Waals surface area (Å²) in [6.45, 7) is 5.69. The summed E-state index contributed by atoms with van der Waals surface area (Å²) in [6.07, 6.45) is 0.712. The lowest BCUT2D eigenvalue weighted by molar-refractivity contribution is -0.119. The number of nitrogens with one attached hydrogen (secondary N) is 3. The molecule has 4 amide bonds. The Morgan fingerprint density at radius 2 is 1.83 bits per heavy atom. The number of urea groups is 1. The minimum Gasteiger partial charge on any atom is -0.326 e. The van der Waals surface area contributed by atoms with Gasteiger partial charge in [0.15, 0.2) is 0 Å². The Kier molecular flexibility index (Phi) is 6.16. The lowest BCUT2D eigenvalue weighted by Gasteiger charge is -2.32. The largest absolute Gasteiger partial charge is 0.326 e. The molecule has 3 N–H and O–H groups in total. The number of carbonyl (C=O) groups excluding carboxylic acids is 3. The Morgan fingerprint density at radius 1 is 1.14 bits per heavy atom. The smallest absolute Gasteiger partial charge is 0.323 e. The van der Waals surface area contributed by atoms with E-state index in [1.807, 2.05) is 45.0 Å². The van der Waals surface area contributed by atoms with Crippen LogP contribution in [-0.2, 0) is 9.59 Å². The first-order valence-electron chi connectivity index (χ1n) is 9.74. The van der Waals surface area contributed by atoms with E-state index in [-0.39, 0.29) is 24.3 Å². The standard InChI is InChI=1S/C22H26N4O3/c1-4-14(2)20(21(28)24-16-10-6-5-9-15(16)3)25-22(29)26-13-19(27)23-17-11-7-8-12-18(17)26/h5-12,14,20H,4,13H2,1-3H3,(H,23,27)(H,24,28)(H,25,29)/t14?,20-/m0/s1. The van der Waals surface area contributed by atoms with Crippen molar-refractivity contribution >= 4 is 34.9 Å². The molecule has 7 heteroatoms. The van der Waals surface area contributed by atoms with Gasteiger partial charge in [-0.3, -0.25) is 14.5 Å². The molecule has 0 radical (unpaired) electrons. The van der Waals surface area contributed by atoms with E-state index < -0.39 is 12.1 Å². The van der Waals surface area contributed by atoms with E-state index in [1.54, 1.807) is 24.3 Å². The van der Waals surface area contributed by atoms with Gasteiger partial charge in [-0.25, -0.2) is 4.79 Å². The number of nitrogens with zero attached hydrogens (tertiary/aromatic N) is 1. The molecule has 3 rings (SSSR count). The highest BCUT2D eigenvalue weighted by Gasteiger charge is 2.32. The molecule has 29 heavy (non-hydrogen) atoms. The molecule has 1 unspecified atom stereocenters. The molecule has 7 nitrogen and oxygen atoms in total. The Hall–Kier alpha value is -3.35. The first kappa shape index (κ1) is 20.4. The summed E-state index contributed by atoms with van der Waals surface area (Å²) in [5.41, 5.74) is 2.83. The quantitative estimate of drug-likeness (QED) is 0.725. The van der Waals surface area contributed by atoms with E-state index in [4.69, 9.17) is 0 Å². The van der Waals surface area contributed by atoms with Crippen LogP contribution in [0.5, 0.6) is 0 Å². The van der Waals surface area contributed by atoms with Crippen LogP contribution in [0.15, 0.2) is 48.5 Å². The summed E-state index contributed by atoms with van der Waals surface area (Å²) >= 11 is 0. The summed E-state index contributed by atoms with van der Waals surface area (Å²) < 4.78 is 0. The molecule has 0 fully saturated rings. The lowest BCUT2D eigenvalue weighted by atomic mass is 9.98. The second-order valence-corrected chi connectivity index (χ2v) is 7.27. The molecule has 152 valence electrons. The van der Waals surface area contributed by atoms with Gasteiger partial charge in [0.2, 0.25) is 11.8 Å². The number of anilines is 3. The average Bonchev–Trinajstić information content (AvgIpc) is 2.72. The molecule has 0 bridgehead atoms. The van der Waals surface area contributed by atoms with E-state index in [0.717, 1.165) is 5.56 Å². The van der Waals surface area contributed by atoms with Crippen LogP contribution in [0.25, 0.3) is 0 Å². The molecule has 0 aromatic heterocycles. The van der Waals surface area contributed by atoms with Gasteiger partial charge in [-0.05, 0) is 36.6 Å². The maximum atomic E-state index is 13.0. The maximum Gasteiger partial charge on any atom is 0.323 e. The summed E-state index contributed by atoms with van der Waals surface area (Å²) in [6, 6.07) is 13.4. The van der Waals surface area contributed by atoms with Crippen LogP contribution in [0.3, 0.4) is 0 Å². The monoisotopic (exact) mass is 394 g/mol. The Morgan fingerprint density at radius 3 is 2.55 bits per heavy atom.